The molecule has 8 aromatic rings. The highest BCUT2D eigenvalue weighted by molar-refractivity contribution is 5.96. The highest BCUT2D eigenvalue weighted by Gasteiger charge is 2.35. The number of fused-ring (bicyclic) bond motifs is 3. The van der Waals surface area contributed by atoms with Gasteiger partial charge in [0.1, 0.15) is 0 Å². The zero-order valence-electron chi connectivity index (χ0n) is 32.9. The smallest absolute Gasteiger partial charge is 0.0465 e. The van der Waals surface area contributed by atoms with Crippen LogP contribution in [0.2, 0.25) is 0 Å². The molecule has 0 heterocycles. The van der Waals surface area contributed by atoms with Gasteiger partial charge < -0.3 is 4.90 Å². The third-order valence-electron chi connectivity index (χ3n) is 11.6. The zero-order valence-corrected chi connectivity index (χ0v) is 32.9. The number of benzene rings is 8. The predicted molar refractivity (Wildman–Crippen MR) is 239 cm³/mol. The Hall–Kier alpha value is -6.44. The Bertz CT molecular complexity index is 2590. The molecule has 8 aromatic carbocycles. The van der Waals surface area contributed by atoms with Gasteiger partial charge in [-0.15, -0.1) is 0 Å². The van der Waals surface area contributed by atoms with E-state index in [1.54, 1.807) is 0 Å². The van der Waals surface area contributed by atoms with Gasteiger partial charge in [0.25, 0.3) is 0 Å². The molecule has 0 saturated carbocycles. The first-order valence-corrected chi connectivity index (χ1v) is 19.8. The Kier molecular flexibility index (Phi) is 8.82. The quantitative estimate of drug-likeness (QED) is 0.158. The minimum Gasteiger partial charge on any atom is -0.310 e. The normalized spacial score (nSPS) is 12.9. The lowest BCUT2D eigenvalue weighted by Gasteiger charge is -2.29. The van der Waals surface area contributed by atoms with E-state index in [1.165, 1.54) is 72.3 Å². The van der Waals surface area contributed by atoms with Gasteiger partial charge in [-0.2, -0.15) is 0 Å². The van der Waals surface area contributed by atoms with E-state index in [0.29, 0.717) is 0 Å². The average molecular weight is 722 g/mol. The SMILES string of the molecule is CC(C)(C)c1cc(-c2ccccc2)c(-c2ccc(N(c3ccc(-c4ccccc4)cc3)c3ccc4c(c3)C(C)(C)c3ccccc3-4)cc2)c(-c2ccccc2)c1. The number of nitrogens with zero attached hydrogens (tertiary/aromatic N) is 1. The summed E-state index contributed by atoms with van der Waals surface area (Å²) in [6, 6.07) is 71.3. The molecule has 1 heteroatoms. The Morgan fingerprint density at radius 2 is 0.786 bits per heavy atom. The summed E-state index contributed by atoms with van der Waals surface area (Å²) in [5, 5.41) is 0. The van der Waals surface area contributed by atoms with Crippen molar-refractivity contribution in [3.8, 4) is 55.6 Å². The summed E-state index contributed by atoms with van der Waals surface area (Å²) in [6.45, 7) is 11.6. The first-order chi connectivity index (χ1) is 27.2. The molecule has 0 aromatic heterocycles. The molecule has 1 nitrogen and oxygen atoms in total. The summed E-state index contributed by atoms with van der Waals surface area (Å²) >= 11 is 0. The maximum absolute atomic E-state index is 2.42. The third kappa shape index (κ3) is 6.34. The topological polar surface area (TPSA) is 3.24 Å². The average Bonchev–Trinajstić information content (AvgIpc) is 3.47. The summed E-state index contributed by atoms with van der Waals surface area (Å²) in [7, 11) is 0. The fourth-order valence-corrected chi connectivity index (χ4v) is 8.57. The fraction of sp³-hybridized carbons (Fsp3) is 0.127. The minimum atomic E-state index is -0.102. The molecule has 0 amide bonds. The maximum Gasteiger partial charge on any atom is 0.0465 e. The van der Waals surface area contributed by atoms with Gasteiger partial charge in [-0.1, -0.05) is 180 Å². The van der Waals surface area contributed by atoms with Gasteiger partial charge in [0.15, 0.2) is 0 Å². The molecule has 0 saturated heterocycles. The molecule has 1 aliphatic rings. The van der Waals surface area contributed by atoms with Crippen molar-refractivity contribution in [3.05, 3.63) is 211 Å². The summed E-state index contributed by atoms with van der Waals surface area (Å²) in [5.74, 6) is 0. The molecule has 272 valence electrons. The van der Waals surface area contributed by atoms with E-state index in [9.17, 15) is 0 Å². The van der Waals surface area contributed by atoms with Crippen LogP contribution in [0.3, 0.4) is 0 Å². The first-order valence-electron chi connectivity index (χ1n) is 19.8. The molecule has 0 bridgehead atoms. The number of rotatable bonds is 7. The van der Waals surface area contributed by atoms with Crippen LogP contribution in [0.25, 0.3) is 55.6 Å². The van der Waals surface area contributed by atoms with Crippen molar-refractivity contribution in [1.29, 1.82) is 0 Å². The predicted octanol–water partition coefficient (Wildman–Crippen LogP) is 15.4. The summed E-state index contributed by atoms with van der Waals surface area (Å²) in [4.78, 5) is 2.41. The van der Waals surface area contributed by atoms with E-state index in [1.807, 2.05) is 0 Å². The number of hydrogen-bond donors (Lipinski definition) is 0. The number of hydrogen-bond acceptors (Lipinski definition) is 1. The van der Waals surface area contributed by atoms with Gasteiger partial charge in [-0.05, 0) is 126 Å². The van der Waals surface area contributed by atoms with Crippen molar-refractivity contribution >= 4 is 17.1 Å². The third-order valence-corrected chi connectivity index (χ3v) is 11.6. The molecule has 0 aliphatic heterocycles. The molecular formula is C55H47N. The first kappa shape index (κ1) is 35.3. The van der Waals surface area contributed by atoms with Crippen LogP contribution in [0.1, 0.15) is 51.3 Å². The van der Waals surface area contributed by atoms with Crippen LogP contribution in [-0.2, 0) is 10.8 Å². The van der Waals surface area contributed by atoms with Crippen LogP contribution in [0.5, 0.6) is 0 Å². The largest absolute Gasteiger partial charge is 0.310 e. The van der Waals surface area contributed by atoms with Crippen molar-refractivity contribution < 1.29 is 0 Å². The van der Waals surface area contributed by atoms with Crippen molar-refractivity contribution in [2.75, 3.05) is 4.90 Å². The van der Waals surface area contributed by atoms with Crippen molar-refractivity contribution in [3.63, 3.8) is 0 Å². The molecule has 0 fully saturated rings. The van der Waals surface area contributed by atoms with Crippen LogP contribution in [0, 0.1) is 0 Å². The molecule has 0 unspecified atom stereocenters. The van der Waals surface area contributed by atoms with E-state index in [-0.39, 0.29) is 10.8 Å². The molecule has 0 N–H and O–H groups in total. The van der Waals surface area contributed by atoms with E-state index >= 15 is 0 Å². The van der Waals surface area contributed by atoms with E-state index in [0.717, 1.165) is 17.1 Å². The summed E-state index contributed by atoms with van der Waals surface area (Å²) in [5.41, 5.74) is 19.8. The van der Waals surface area contributed by atoms with Crippen LogP contribution in [-0.4, -0.2) is 0 Å². The highest BCUT2D eigenvalue weighted by atomic mass is 15.1. The minimum absolute atomic E-state index is 0.0161. The molecule has 0 spiro atoms. The summed E-state index contributed by atoms with van der Waals surface area (Å²) in [6.07, 6.45) is 0. The monoisotopic (exact) mass is 721 g/mol. The molecule has 9 rings (SSSR count). The van der Waals surface area contributed by atoms with E-state index in [4.69, 9.17) is 0 Å². The van der Waals surface area contributed by atoms with Gasteiger partial charge in [0.2, 0.25) is 0 Å². The van der Waals surface area contributed by atoms with Gasteiger partial charge >= 0.3 is 0 Å². The van der Waals surface area contributed by atoms with Crippen LogP contribution in [0.15, 0.2) is 194 Å². The van der Waals surface area contributed by atoms with Crippen molar-refractivity contribution in [1.82, 2.24) is 0 Å². The van der Waals surface area contributed by atoms with Gasteiger partial charge in [-0.25, -0.2) is 0 Å². The molecule has 0 atom stereocenters. The standard InChI is InChI=1S/C55H47N/c1-54(2,3)43-35-49(40-19-11-7-12-20-40)53(50(36-43)41-21-13-8-14-22-41)42-27-31-45(32-28-42)56(44-29-25-39(26-30-44)38-17-9-6-10-18-38)46-33-34-48-47-23-15-16-24-51(47)55(4,5)52(48)37-46/h6-37H,1-5H3. The van der Waals surface area contributed by atoms with Crippen molar-refractivity contribution in [2.24, 2.45) is 0 Å². The second-order valence-electron chi connectivity index (χ2n) is 16.6. The van der Waals surface area contributed by atoms with Gasteiger partial charge in [0.05, 0.1) is 0 Å². The van der Waals surface area contributed by atoms with Gasteiger partial charge in [0, 0.05) is 22.5 Å². The lowest BCUT2D eigenvalue weighted by Crippen LogP contribution is -2.16. The fourth-order valence-electron chi connectivity index (χ4n) is 8.57. The van der Waals surface area contributed by atoms with Crippen LogP contribution in [0.4, 0.5) is 17.1 Å². The van der Waals surface area contributed by atoms with Crippen LogP contribution >= 0.6 is 0 Å². The zero-order chi connectivity index (χ0) is 38.4. The Morgan fingerprint density at radius 3 is 1.32 bits per heavy atom. The Morgan fingerprint density at radius 1 is 0.357 bits per heavy atom. The van der Waals surface area contributed by atoms with Crippen LogP contribution < -0.4 is 4.90 Å². The molecular weight excluding hydrogens is 675 g/mol. The maximum atomic E-state index is 2.42. The van der Waals surface area contributed by atoms with Crippen molar-refractivity contribution in [2.45, 2.75) is 45.4 Å². The summed E-state index contributed by atoms with van der Waals surface area (Å²) < 4.78 is 0. The second-order valence-corrected chi connectivity index (χ2v) is 16.6. The molecule has 1 aliphatic carbocycles. The number of anilines is 3. The lowest BCUT2D eigenvalue weighted by atomic mass is 9.79. The Labute approximate surface area is 332 Å². The lowest BCUT2D eigenvalue weighted by molar-refractivity contribution is 0.591. The molecule has 56 heavy (non-hydrogen) atoms. The van der Waals surface area contributed by atoms with E-state index < -0.39 is 0 Å². The van der Waals surface area contributed by atoms with E-state index in [2.05, 4.69) is 234 Å². The second kappa shape index (κ2) is 14.0. The Balaban J connectivity index is 1.21. The molecule has 0 radical (unpaired) electrons. The van der Waals surface area contributed by atoms with Gasteiger partial charge in [-0.3, -0.25) is 0 Å². The highest BCUT2D eigenvalue weighted by Crippen LogP contribution is 2.51.